The lowest BCUT2D eigenvalue weighted by Crippen LogP contribution is -2.68. The number of esters is 1. The molecule has 2 spiro atoms. The molecule has 0 unspecified atom stereocenters. The average molecular weight is 612 g/mol. The molecule has 6 nitrogen and oxygen atoms in total. The van der Waals surface area contributed by atoms with Crippen LogP contribution < -0.4 is 0 Å². The van der Waals surface area contributed by atoms with Crippen molar-refractivity contribution < 1.29 is 24.1 Å². The number of carbonyl (C=O) groups is 1. The molecule has 2 bridgehead atoms. The number of allylic oxidation sites excluding steroid dienone is 1. The maximum Gasteiger partial charge on any atom is 0.343 e. The minimum Gasteiger partial charge on any atom is -0.492 e. The van der Waals surface area contributed by atoms with Crippen LogP contribution in [-0.2, 0) is 19.0 Å². The Morgan fingerprint density at radius 3 is 2.67 bits per heavy atom. The molecule has 5 fully saturated rings. The Morgan fingerprint density at radius 2 is 1.86 bits per heavy atom. The first kappa shape index (κ1) is 28.1. The number of ether oxygens (including phenoxy) is 3. The predicted molar refractivity (Wildman–Crippen MR) is 166 cm³/mol. The average Bonchev–Trinajstić information content (AvgIpc) is 3.70. The number of hydrogen-bond acceptors (Lipinski definition) is 8. The van der Waals surface area contributed by atoms with Gasteiger partial charge in [-0.2, -0.15) is 0 Å². The Morgan fingerprint density at radius 1 is 1.05 bits per heavy atom. The summed E-state index contributed by atoms with van der Waals surface area (Å²) in [4.78, 5) is 15.3. The molecule has 6 aliphatic heterocycles. The molecule has 2 saturated carbocycles. The number of carbonyl (C=O) groups excluding carboxylic acids is 1. The molecule has 9 rings (SSSR count). The number of rotatable bonds is 1. The van der Waals surface area contributed by atoms with Crippen LogP contribution in [0, 0.1) is 35.0 Å². The Bertz CT molecular complexity index is 1280. The highest BCUT2D eigenvalue weighted by molar-refractivity contribution is 8.76. The summed E-state index contributed by atoms with van der Waals surface area (Å²) in [5.41, 5.74) is 0.731. The molecule has 3 aliphatic carbocycles. The van der Waals surface area contributed by atoms with E-state index in [-0.39, 0.29) is 41.4 Å². The van der Waals surface area contributed by atoms with E-state index in [0.29, 0.717) is 40.2 Å². The first-order chi connectivity index (χ1) is 20.4. The number of nitrogens with zero attached hydrogens (tertiary/aromatic N) is 1. The van der Waals surface area contributed by atoms with E-state index in [0.717, 1.165) is 43.1 Å². The summed E-state index contributed by atoms with van der Waals surface area (Å²) < 4.78 is 18.1. The lowest BCUT2D eigenvalue weighted by Gasteiger charge is -2.59. The van der Waals surface area contributed by atoms with E-state index in [1.165, 1.54) is 44.3 Å². The molecule has 0 radical (unpaired) electrons. The summed E-state index contributed by atoms with van der Waals surface area (Å²) >= 11 is 0. The molecular formula is C34H45NO5S2. The largest absolute Gasteiger partial charge is 0.492 e. The van der Waals surface area contributed by atoms with E-state index in [9.17, 15) is 9.90 Å². The van der Waals surface area contributed by atoms with Crippen LogP contribution in [0.4, 0.5) is 0 Å². The van der Waals surface area contributed by atoms with Crippen molar-refractivity contribution in [2.45, 2.75) is 102 Å². The van der Waals surface area contributed by atoms with E-state index in [2.05, 4.69) is 51.6 Å². The summed E-state index contributed by atoms with van der Waals surface area (Å²) in [7, 11) is 5.75. The van der Waals surface area contributed by atoms with Gasteiger partial charge in [0.2, 0.25) is 5.76 Å². The van der Waals surface area contributed by atoms with Crippen molar-refractivity contribution in [3.05, 3.63) is 46.8 Å². The number of hydrogen-bond donors (Lipinski definition) is 1. The summed E-state index contributed by atoms with van der Waals surface area (Å²) in [6.07, 6.45) is 19.3. The number of cyclic esters (lactones) is 1. The Kier molecular flexibility index (Phi) is 6.94. The quantitative estimate of drug-likeness (QED) is 0.199. The second kappa shape index (κ2) is 10.3. The van der Waals surface area contributed by atoms with Crippen LogP contribution in [0.5, 0.6) is 0 Å². The van der Waals surface area contributed by atoms with Gasteiger partial charge in [0.1, 0.15) is 5.76 Å². The van der Waals surface area contributed by atoms with Crippen molar-refractivity contribution in [1.82, 2.24) is 4.90 Å². The molecule has 0 aromatic rings. The molecule has 1 N–H and O–H groups in total. The van der Waals surface area contributed by atoms with E-state index in [1.54, 1.807) is 14.0 Å². The van der Waals surface area contributed by atoms with Crippen molar-refractivity contribution >= 4 is 27.6 Å². The molecule has 9 atom stereocenters. The van der Waals surface area contributed by atoms with Crippen molar-refractivity contribution in [3.8, 4) is 0 Å². The van der Waals surface area contributed by atoms with Gasteiger partial charge in [-0.3, -0.25) is 4.90 Å². The standard InChI is InChI=1S/C34H45NO5S2/c1-19-28-27(39-30(19)31-29(38-3)20(2)32(37)40-31)15-21-9-14-34(28)12-6-7-24-26(36)16-23-22(8-13-33(23)10-4-5-11-33)17-41-42-18-25(21)35(24)34/h9,14-15,19,21-26,28,36H,4-8,10-13,16-18H2,1-3H3/t19-,21-,22-,23+,24-,25-,26-,28-,34+/m0/s1. The fourth-order valence-electron chi connectivity index (χ4n) is 10.8. The second-order valence-electron chi connectivity index (χ2n) is 14.4. The molecule has 228 valence electrons. The third-order valence-corrected chi connectivity index (χ3v) is 15.2. The summed E-state index contributed by atoms with van der Waals surface area (Å²) in [5, 5.41) is 12.3. The minimum atomic E-state index is -0.362. The SMILES string of the molecule is COC1=C(C)C(=O)OC1=C1OC2=C[C@@H]3C=C[C@]4(CCC[C@H]5[C@@H](O)C[C@@H]6[C@@H](CCC67CCCC7)CSSC[C@@H]3N54)[C@H]2[C@@H]1C. The Labute approximate surface area is 258 Å². The van der Waals surface area contributed by atoms with Crippen LogP contribution in [0.2, 0.25) is 0 Å². The van der Waals surface area contributed by atoms with Crippen LogP contribution in [0.3, 0.4) is 0 Å². The fourth-order valence-corrected chi connectivity index (χ4v) is 13.7. The Hall–Kier alpha value is -1.35. The topological polar surface area (TPSA) is 68.2 Å². The van der Waals surface area contributed by atoms with E-state index in [1.807, 2.05) is 0 Å². The van der Waals surface area contributed by atoms with Crippen LogP contribution in [-0.4, -0.2) is 58.3 Å². The lowest BCUT2D eigenvalue weighted by atomic mass is 9.66. The van der Waals surface area contributed by atoms with Gasteiger partial charge in [0, 0.05) is 41.3 Å². The predicted octanol–water partition coefficient (Wildman–Crippen LogP) is 6.74. The zero-order chi connectivity index (χ0) is 28.8. The smallest absolute Gasteiger partial charge is 0.343 e. The molecule has 8 heteroatoms. The molecule has 0 aromatic carbocycles. The fraction of sp³-hybridized carbons (Fsp3) is 0.735. The van der Waals surface area contributed by atoms with Crippen LogP contribution >= 0.6 is 21.6 Å². The maximum absolute atomic E-state index is 12.5. The molecule has 6 heterocycles. The first-order valence-corrected chi connectivity index (χ1v) is 18.9. The normalized spacial score (nSPS) is 46.0. The highest BCUT2D eigenvalue weighted by atomic mass is 33.1. The van der Waals surface area contributed by atoms with E-state index < -0.39 is 0 Å². The van der Waals surface area contributed by atoms with Crippen molar-refractivity contribution in [2.75, 3.05) is 18.6 Å². The number of fused-ring (bicyclic) bond motifs is 2. The van der Waals surface area contributed by atoms with Gasteiger partial charge < -0.3 is 19.3 Å². The van der Waals surface area contributed by atoms with Crippen LogP contribution in [0.15, 0.2) is 46.8 Å². The summed E-state index contributed by atoms with van der Waals surface area (Å²) in [6, 6.07) is 0.481. The van der Waals surface area contributed by atoms with E-state index in [4.69, 9.17) is 14.2 Å². The number of methoxy groups -OCH3 is 1. The zero-order valence-corrected chi connectivity index (χ0v) is 26.8. The number of piperidine rings is 1. The highest BCUT2D eigenvalue weighted by Gasteiger charge is 2.62. The molecule has 9 aliphatic rings. The number of aliphatic hydroxyl groups is 1. The zero-order valence-electron chi connectivity index (χ0n) is 25.2. The highest BCUT2D eigenvalue weighted by Crippen LogP contribution is 2.62. The van der Waals surface area contributed by atoms with Gasteiger partial charge in [0.25, 0.3) is 0 Å². The van der Waals surface area contributed by atoms with Gasteiger partial charge in [0.15, 0.2) is 11.5 Å². The van der Waals surface area contributed by atoms with Crippen molar-refractivity contribution in [3.63, 3.8) is 0 Å². The van der Waals surface area contributed by atoms with Crippen LogP contribution in [0.1, 0.15) is 78.1 Å². The summed E-state index contributed by atoms with van der Waals surface area (Å²) in [5.74, 6) is 6.29. The van der Waals surface area contributed by atoms with Gasteiger partial charge in [-0.25, -0.2) is 4.79 Å². The molecular weight excluding hydrogens is 567 g/mol. The third-order valence-electron chi connectivity index (χ3n) is 12.7. The maximum atomic E-state index is 12.5. The van der Waals surface area contributed by atoms with Crippen molar-refractivity contribution in [2.24, 2.45) is 35.0 Å². The van der Waals surface area contributed by atoms with Crippen LogP contribution in [0.25, 0.3) is 0 Å². The van der Waals surface area contributed by atoms with Crippen molar-refractivity contribution in [1.29, 1.82) is 0 Å². The third kappa shape index (κ3) is 3.96. The van der Waals surface area contributed by atoms with Gasteiger partial charge in [-0.05, 0) is 81.6 Å². The number of aliphatic hydroxyl groups excluding tert-OH is 1. The molecule has 0 aromatic heterocycles. The second-order valence-corrected chi connectivity index (χ2v) is 16.9. The lowest BCUT2D eigenvalue weighted by molar-refractivity contribution is -0.133. The minimum absolute atomic E-state index is 0.00863. The molecule has 0 amide bonds. The van der Waals surface area contributed by atoms with Gasteiger partial charge >= 0.3 is 5.97 Å². The van der Waals surface area contributed by atoms with Gasteiger partial charge in [0.05, 0.1) is 24.3 Å². The van der Waals surface area contributed by atoms with E-state index >= 15 is 0 Å². The van der Waals surface area contributed by atoms with Gasteiger partial charge in [-0.15, -0.1) is 0 Å². The summed E-state index contributed by atoms with van der Waals surface area (Å²) in [6.45, 7) is 3.98. The molecule has 42 heavy (non-hydrogen) atoms. The Balaban J connectivity index is 1.19. The molecule has 3 saturated heterocycles. The monoisotopic (exact) mass is 611 g/mol. The van der Waals surface area contributed by atoms with Gasteiger partial charge in [-0.1, -0.05) is 53.5 Å². The first-order valence-electron chi connectivity index (χ1n) is 16.4.